The Kier molecular flexibility index (Phi) is 3.14. The van der Waals surface area contributed by atoms with Crippen LogP contribution in [0.1, 0.15) is 15.9 Å². The summed E-state index contributed by atoms with van der Waals surface area (Å²) in [5.74, 6) is 0.512. The molecule has 0 fully saturated rings. The molecule has 1 aromatic carbocycles. The minimum absolute atomic E-state index is 0.0991. The molecule has 0 unspecified atom stereocenters. The van der Waals surface area contributed by atoms with E-state index < -0.39 is 0 Å². The molecule has 0 N–H and O–H groups in total. The zero-order valence-corrected chi connectivity index (χ0v) is 10.3. The number of nitrogens with zero attached hydrogens (tertiary/aromatic N) is 1. The van der Waals surface area contributed by atoms with E-state index in [1.807, 2.05) is 24.3 Å². The van der Waals surface area contributed by atoms with Crippen LogP contribution >= 0.6 is 0 Å². The van der Waals surface area contributed by atoms with Crippen molar-refractivity contribution < 1.29 is 14.3 Å². The maximum Gasteiger partial charge on any atom is 0.339 e. The lowest BCUT2D eigenvalue weighted by molar-refractivity contribution is 0.0346. The van der Waals surface area contributed by atoms with Crippen molar-refractivity contribution in [2.24, 2.45) is 0 Å². The summed E-state index contributed by atoms with van der Waals surface area (Å²) >= 11 is 0. The van der Waals surface area contributed by atoms with Gasteiger partial charge in [0.25, 0.3) is 0 Å². The van der Waals surface area contributed by atoms with Gasteiger partial charge in [0.2, 0.25) is 0 Å². The number of fused-ring (bicyclic) bond motifs is 1. The van der Waals surface area contributed by atoms with Gasteiger partial charge in [-0.25, -0.2) is 4.79 Å². The Labute approximate surface area is 111 Å². The number of para-hydroxylation sites is 1. The third-order valence-corrected chi connectivity index (χ3v) is 3.01. The molecule has 0 spiro atoms. The smallest absolute Gasteiger partial charge is 0.339 e. The van der Waals surface area contributed by atoms with Crippen molar-refractivity contribution in [3.8, 4) is 5.75 Å². The first-order valence-corrected chi connectivity index (χ1v) is 6.14. The van der Waals surface area contributed by atoms with E-state index in [9.17, 15) is 4.79 Å². The van der Waals surface area contributed by atoms with Crippen LogP contribution in [0.25, 0.3) is 0 Å². The maximum absolute atomic E-state index is 11.8. The molecule has 2 aromatic rings. The van der Waals surface area contributed by atoms with Crippen molar-refractivity contribution in [2.75, 3.05) is 6.61 Å². The number of hydrogen-bond acceptors (Lipinski definition) is 4. The lowest BCUT2D eigenvalue weighted by atomic mass is 10.1. The van der Waals surface area contributed by atoms with Crippen molar-refractivity contribution in [1.29, 1.82) is 0 Å². The van der Waals surface area contributed by atoms with E-state index in [0.717, 1.165) is 17.7 Å². The summed E-state index contributed by atoms with van der Waals surface area (Å²) in [6.45, 7) is 0.252. The average Bonchev–Trinajstić information content (AvgIpc) is 2.88. The van der Waals surface area contributed by atoms with E-state index in [1.54, 1.807) is 18.3 Å². The molecule has 1 atom stereocenters. The fourth-order valence-corrected chi connectivity index (χ4v) is 2.08. The van der Waals surface area contributed by atoms with Crippen LogP contribution in [0.3, 0.4) is 0 Å². The number of hydrogen-bond donors (Lipinski definition) is 0. The number of ether oxygens (including phenoxy) is 2. The predicted molar refractivity (Wildman–Crippen MR) is 69.1 cm³/mol. The molecule has 4 nitrogen and oxygen atoms in total. The molecule has 0 radical (unpaired) electrons. The first-order valence-electron chi connectivity index (χ1n) is 6.14. The van der Waals surface area contributed by atoms with E-state index in [1.165, 1.54) is 6.20 Å². The van der Waals surface area contributed by atoms with Crippen molar-refractivity contribution >= 4 is 5.97 Å². The molecular formula is C15H13NO3. The zero-order valence-electron chi connectivity index (χ0n) is 10.3. The summed E-state index contributed by atoms with van der Waals surface area (Å²) in [4.78, 5) is 15.6. The Morgan fingerprint density at radius 2 is 2.21 bits per heavy atom. The lowest BCUT2D eigenvalue weighted by Gasteiger charge is -2.11. The number of benzene rings is 1. The monoisotopic (exact) mass is 255 g/mol. The van der Waals surface area contributed by atoms with Crippen LogP contribution in [-0.4, -0.2) is 23.7 Å². The molecule has 0 saturated carbocycles. The van der Waals surface area contributed by atoms with Gasteiger partial charge in [-0.1, -0.05) is 18.2 Å². The van der Waals surface area contributed by atoms with Crippen LogP contribution in [0.2, 0.25) is 0 Å². The Bertz CT molecular complexity index is 558. The first-order chi connectivity index (χ1) is 9.33. The highest BCUT2D eigenvalue weighted by molar-refractivity contribution is 5.88. The van der Waals surface area contributed by atoms with Gasteiger partial charge in [-0.3, -0.25) is 4.98 Å². The second kappa shape index (κ2) is 5.10. The van der Waals surface area contributed by atoms with E-state index in [2.05, 4.69) is 4.98 Å². The summed E-state index contributed by atoms with van der Waals surface area (Å²) in [5, 5.41) is 0. The third kappa shape index (κ3) is 2.57. The maximum atomic E-state index is 11.8. The molecule has 0 bridgehead atoms. The van der Waals surface area contributed by atoms with E-state index in [0.29, 0.717) is 5.56 Å². The summed E-state index contributed by atoms with van der Waals surface area (Å²) < 4.78 is 10.9. The van der Waals surface area contributed by atoms with E-state index >= 15 is 0 Å². The molecule has 3 rings (SSSR count). The summed E-state index contributed by atoms with van der Waals surface area (Å²) in [7, 11) is 0. The molecule has 19 heavy (non-hydrogen) atoms. The summed E-state index contributed by atoms with van der Waals surface area (Å²) in [5.41, 5.74) is 1.61. The minimum atomic E-state index is -0.368. The second-order valence-corrected chi connectivity index (χ2v) is 4.39. The van der Waals surface area contributed by atoms with Crippen LogP contribution < -0.4 is 4.74 Å². The highest BCUT2D eigenvalue weighted by Gasteiger charge is 2.23. The molecule has 0 aliphatic carbocycles. The highest BCUT2D eigenvalue weighted by atomic mass is 16.6. The lowest BCUT2D eigenvalue weighted by Crippen LogP contribution is -2.22. The molecule has 1 aliphatic heterocycles. The first kappa shape index (κ1) is 11.7. The number of esters is 1. The van der Waals surface area contributed by atoms with Gasteiger partial charge >= 0.3 is 5.97 Å². The molecule has 1 aromatic heterocycles. The molecule has 0 amide bonds. The predicted octanol–water partition coefficient (Wildman–Crippen LogP) is 2.24. The Balaban J connectivity index is 1.56. The average molecular weight is 255 g/mol. The Hall–Kier alpha value is -2.36. The van der Waals surface area contributed by atoms with Crippen molar-refractivity contribution in [3.05, 3.63) is 59.9 Å². The van der Waals surface area contributed by atoms with Gasteiger partial charge in [0.1, 0.15) is 18.5 Å². The summed E-state index contributed by atoms with van der Waals surface area (Å²) in [6, 6.07) is 11.3. The van der Waals surface area contributed by atoms with Gasteiger partial charge in [0.15, 0.2) is 0 Å². The van der Waals surface area contributed by atoms with Gasteiger partial charge in [-0.2, -0.15) is 0 Å². The summed E-state index contributed by atoms with van der Waals surface area (Å²) in [6.07, 6.45) is 3.79. The minimum Gasteiger partial charge on any atom is -0.486 e. The Morgan fingerprint density at radius 3 is 3.00 bits per heavy atom. The number of rotatable bonds is 3. The van der Waals surface area contributed by atoms with Gasteiger partial charge in [-0.15, -0.1) is 0 Å². The normalized spacial score (nSPS) is 16.5. The highest BCUT2D eigenvalue weighted by Crippen LogP contribution is 2.28. The van der Waals surface area contributed by atoms with Crippen LogP contribution in [-0.2, 0) is 11.2 Å². The van der Waals surface area contributed by atoms with Crippen molar-refractivity contribution in [2.45, 2.75) is 12.5 Å². The number of pyridine rings is 1. The van der Waals surface area contributed by atoms with E-state index in [4.69, 9.17) is 9.47 Å². The fraction of sp³-hybridized carbons (Fsp3) is 0.200. The van der Waals surface area contributed by atoms with Crippen LogP contribution in [0.4, 0.5) is 0 Å². The molecular weight excluding hydrogens is 242 g/mol. The fourth-order valence-electron chi connectivity index (χ4n) is 2.08. The SMILES string of the molecule is O=C(OC[C@@H]1Cc2ccccc2O1)c1cccnc1. The molecule has 2 heterocycles. The standard InChI is InChI=1S/C15H13NO3/c17-15(12-5-3-7-16-9-12)18-10-13-8-11-4-1-2-6-14(11)19-13/h1-7,9,13H,8,10H2/t13-/m0/s1. The second-order valence-electron chi connectivity index (χ2n) is 4.39. The quantitative estimate of drug-likeness (QED) is 0.789. The topological polar surface area (TPSA) is 48.4 Å². The largest absolute Gasteiger partial charge is 0.486 e. The van der Waals surface area contributed by atoms with Gasteiger partial charge in [0, 0.05) is 18.8 Å². The van der Waals surface area contributed by atoms with Crippen molar-refractivity contribution in [3.63, 3.8) is 0 Å². The molecule has 96 valence electrons. The van der Waals surface area contributed by atoms with Crippen LogP contribution in [0, 0.1) is 0 Å². The van der Waals surface area contributed by atoms with Crippen LogP contribution in [0.15, 0.2) is 48.8 Å². The number of carbonyl (C=O) groups excluding carboxylic acids is 1. The zero-order chi connectivity index (χ0) is 13.1. The molecule has 0 saturated heterocycles. The molecule has 1 aliphatic rings. The number of aromatic nitrogens is 1. The van der Waals surface area contributed by atoms with Crippen molar-refractivity contribution in [1.82, 2.24) is 4.98 Å². The van der Waals surface area contributed by atoms with Gasteiger partial charge in [-0.05, 0) is 23.8 Å². The molecule has 4 heteroatoms. The number of carbonyl (C=O) groups is 1. The van der Waals surface area contributed by atoms with Crippen LogP contribution in [0.5, 0.6) is 5.75 Å². The Morgan fingerprint density at radius 1 is 1.32 bits per heavy atom. The van der Waals surface area contributed by atoms with Gasteiger partial charge in [0.05, 0.1) is 5.56 Å². The van der Waals surface area contributed by atoms with Gasteiger partial charge < -0.3 is 9.47 Å². The van der Waals surface area contributed by atoms with E-state index in [-0.39, 0.29) is 18.7 Å². The third-order valence-electron chi connectivity index (χ3n) is 3.01.